The molecule has 1 aliphatic rings. The third-order valence-electron chi connectivity index (χ3n) is 3.76. The van der Waals surface area contributed by atoms with E-state index in [2.05, 4.69) is 4.90 Å². The van der Waals surface area contributed by atoms with Crippen molar-refractivity contribution in [3.05, 3.63) is 46.0 Å². The number of hydrogen-bond donors (Lipinski definition) is 0. The Kier molecular flexibility index (Phi) is 5.27. The van der Waals surface area contributed by atoms with Crippen LogP contribution in [0.1, 0.15) is 18.9 Å². The molecule has 6 nitrogen and oxygen atoms in total. The van der Waals surface area contributed by atoms with Gasteiger partial charge in [0.05, 0.1) is 12.5 Å². The van der Waals surface area contributed by atoms with E-state index >= 15 is 0 Å². The van der Waals surface area contributed by atoms with E-state index in [-0.39, 0.29) is 12.5 Å². The second-order valence-corrected chi connectivity index (χ2v) is 5.25. The van der Waals surface area contributed by atoms with Gasteiger partial charge in [-0.3, -0.25) is 15.0 Å². The van der Waals surface area contributed by atoms with E-state index in [0.29, 0.717) is 13.0 Å². The molecule has 21 heavy (non-hydrogen) atoms. The second-order valence-electron chi connectivity index (χ2n) is 5.25. The smallest absolute Gasteiger partial charge is 0.382 e. The van der Waals surface area contributed by atoms with Crippen molar-refractivity contribution < 1.29 is 14.5 Å². The summed E-state index contributed by atoms with van der Waals surface area (Å²) >= 11 is 0. The maximum absolute atomic E-state index is 11.8. The average Bonchev–Trinajstić information content (AvgIpc) is 2.88. The van der Waals surface area contributed by atoms with Gasteiger partial charge in [0.1, 0.15) is 0 Å². The van der Waals surface area contributed by atoms with Gasteiger partial charge in [0.25, 0.3) is 0 Å². The molecule has 1 heterocycles. The largest absolute Gasteiger partial charge is 0.461 e. The summed E-state index contributed by atoms with van der Waals surface area (Å²) in [6.45, 7) is 3.90. The van der Waals surface area contributed by atoms with Crippen LogP contribution >= 0.6 is 0 Å². The molecule has 0 bridgehead atoms. The molecule has 0 N–H and O–H groups in total. The number of hydrogen-bond acceptors (Lipinski definition) is 5. The van der Waals surface area contributed by atoms with Crippen molar-refractivity contribution >= 4 is 5.97 Å². The highest BCUT2D eigenvalue weighted by molar-refractivity contribution is 5.74. The minimum atomic E-state index is -1.24. The number of likely N-dealkylation sites (tertiary alicyclic amines) is 1. The number of carbonyl (C=O) groups is 1. The first-order valence-electron chi connectivity index (χ1n) is 7.18. The summed E-state index contributed by atoms with van der Waals surface area (Å²) < 4.78 is 4.83. The van der Waals surface area contributed by atoms with Crippen molar-refractivity contribution in [2.75, 3.05) is 19.7 Å². The molecule has 1 saturated heterocycles. The van der Waals surface area contributed by atoms with Gasteiger partial charge in [0, 0.05) is 18.0 Å². The zero-order valence-corrected chi connectivity index (χ0v) is 12.1. The molecule has 1 aromatic carbocycles. The molecule has 6 heteroatoms. The highest BCUT2D eigenvalue weighted by atomic mass is 16.6. The van der Waals surface area contributed by atoms with Gasteiger partial charge in [-0.05, 0) is 25.5 Å². The molecule has 0 aromatic heterocycles. The van der Waals surface area contributed by atoms with Crippen molar-refractivity contribution in [2.24, 2.45) is 5.92 Å². The van der Waals surface area contributed by atoms with Gasteiger partial charge in [-0.2, -0.15) is 0 Å². The van der Waals surface area contributed by atoms with Crippen LogP contribution in [-0.2, 0) is 16.1 Å². The predicted octanol–water partition coefficient (Wildman–Crippen LogP) is 1.72. The van der Waals surface area contributed by atoms with Gasteiger partial charge in [-0.15, -0.1) is 0 Å². The lowest BCUT2D eigenvalue weighted by molar-refractivity contribution is -0.519. The molecule has 2 unspecified atom stereocenters. The summed E-state index contributed by atoms with van der Waals surface area (Å²) in [6.07, 6.45) is 0.650. The van der Waals surface area contributed by atoms with Crippen molar-refractivity contribution in [2.45, 2.75) is 25.9 Å². The summed E-state index contributed by atoms with van der Waals surface area (Å²) in [5, 5.41) is 11.2. The number of nitro groups is 1. The van der Waals surface area contributed by atoms with Crippen LogP contribution < -0.4 is 0 Å². The number of nitrogens with zero attached hydrogens (tertiary/aromatic N) is 2. The van der Waals surface area contributed by atoms with E-state index < -0.39 is 16.9 Å². The maximum atomic E-state index is 11.8. The Hall–Kier alpha value is -1.95. The van der Waals surface area contributed by atoms with Crippen LogP contribution in [0.4, 0.5) is 0 Å². The summed E-state index contributed by atoms with van der Waals surface area (Å²) in [5.74, 6) is -0.989. The zero-order chi connectivity index (χ0) is 15.2. The fourth-order valence-electron chi connectivity index (χ4n) is 2.78. The molecule has 0 aliphatic carbocycles. The molecule has 0 spiro atoms. The number of ether oxygens (including phenoxy) is 1. The first-order chi connectivity index (χ1) is 10.1. The quantitative estimate of drug-likeness (QED) is 0.453. The molecule has 1 fully saturated rings. The number of carbonyl (C=O) groups excluding carboxylic acids is 1. The lowest BCUT2D eigenvalue weighted by atomic mass is 10.00. The fraction of sp³-hybridized carbons (Fsp3) is 0.533. The summed E-state index contributed by atoms with van der Waals surface area (Å²) in [5.41, 5.74) is 1.17. The minimum absolute atomic E-state index is 0.170. The second kappa shape index (κ2) is 7.17. The minimum Gasteiger partial charge on any atom is -0.461 e. The Bertz CT molecular complexity index is 492. The van der Waals surface area contributed by atoms with Crippen molar-refractivity contribution in [1.82, 2.24) is 4.90 Å². The van der Waals surface area contributed by atoms with Crippen LogP contribution in [0.2, 0.25) is 0 Å². The molecule has 114 valence electrons. The highest BCUT2D eigenvalue weighted by Crippen LogP contribution is 2.24. The van der Waals surface area contributed by atoms with Crippen LogP contribution in [0.15, 0.2) is 30.3 Å². The number of benzene rings is 1. The normalized spacial score (nSPS) is 20.1. The van der Waals surface area contributed by atoms with Gasteiger partial charge in [-0.1, -0.05) is 30.3 Å². The topological polar surface area (TPSA) is 72.7 Å². The lowest BCUT2D eigenvalue weighted by Crippen LogP contribution is -2.39. The van der Waals surface area contributed by atoms with Crippen LogP contribution in [0.25, 0.3) is 0 Å². The van der Waals surface area contributed by atoms with Crippen LogP contribution in [-0.4, -0.2) is 41.5 Å². The monoisotopic (exact) mass is 292 g/mol. The highest BCUT2D eigenvalue weighted by Gasteiger charge is 2.43. The first kappa shape index (κ1) is 15.4. The third-order valence-corrected chi connectivity index (χ3v) is 3.76. The third kappa shape index (κ3) is 4.01. The Balaban J connectivity index is 1.96. The zero-order valence-electron chi connectivity index (χ0n) is 12.1. The molecular weight excluding hydrogens is 272 g/mol. The molecule has 0 saturated carbocycles. The van der Waals surface area contributed by atoms with E-state index in [0.717, 1.165) is 13.1 Å². The molecule has 0 radical (unpaired) electrons. The van der Waals surface area contributed by atoms with E-state index in [1.807, 2.05) is 30.3 Å². The van der Waals surface area contributed by atoms with Crippen molar-refractivity contribution in [3.8, 4) is 0 Å². The lowest BCUT2D eigenvalue weighted by Gasteiger charge is -2.17. The first-order valence-corrected chi connectivity index (χ1v) is 7.18. The Morgan fingerprint density at radius 3 is 2.81 bits per heavy atom. The van der Waals surface area contributed by atoms with Crippen LogP contribution in [0.3, 0.4) is 0 Å². The van der Waals surface area contributed by atoms with Gasteiger partial charge in [0.2, 0.25) is 0 Å². The Morgan fingerprint density at radius 1 is 1.48 bits per heavy atom. The van der Waals surface area contributed by atoms with E-state index in [4.69, 9.17) is 4.74 Å². The average molecular weight is 292 g/mol. The summed E-state index contributed by atoms with van der Waals surface area (Å²) in [4.78, 5) is 24.6. The number of esters is 1. The molecule has 2 rings (SSSR count). The van der Waals surface area contributed by atoms with Crippen molar-refractivity contribution in [3.63, 3.8) is 0 Å². The molecule has 2 atom stereocenters. The van der Waals surface area contributed by atoms with Gasteiger partial charge in [0.15, 0.2) is 0 Å². The summed E-state index contributed by atoms with van der Waals surface area (Å²) in [6, 6.07) is 8.72. The van der Waals surface area contributed by atoms with Gasteiger partial charge >= 0.3 is 12.0 Å². The Labute approximate surface area is 123 Å². The predicted molar refractivity (Wildman–Crippen MR) is 77.2 cm³/mol. The molecule has 1 aliphatic heterocycles. The fourth-order valence-corrected chi connectivity index (χ4v) is 2.78. The van der Waals surface area contributed by atoms with E-state index in [9.17, 15) is 14.9 Å². The van der Waals surface area contributed by atoms with Crippen molar-refractivity contribution in [1.29, 1.82) is 0 Å². The van der Waals surface area contributed by atoms with E-state index in [1.165, 1.54) is 5.56 Å². The standard InChI is InChI=1S/C15H20N2O4/c1-2-21-15(18)14(17(19)20)13-8-9-16(11-13)10-12-6-4-3-5-7-12/h3-7,13-14H,2,8-11H2,1H3. The Morgan fingerprint density at radius 2 is 2.19 bits per heavy atom. The molecular formula is C15H20N2O4. The summed E-state index contributed by atoms with van der Waals surface area (Å²) in [7, 11) is 0. The van der Waals surface area contributed by atoms with Crippen LogP contribution in [0, 0.1) is 16.0 Å². The maximum Gasteiger partial charge on any atom is 0.382 e. The van der Waals surface area contributed by atoms with Gasteiger partial charge < -0.3 is 4.74 Å². The van der Waals surface area contributed by atoms with E-state index in [1.54, 1.807) is 6.92 Å². The SMILES string of the molecule is CCOC(=O)C(C1CCN(Cc2ccccc2)C1)[N+](=O)[O-]. The van der Waals surface area contributed by atoms with Crippen LogP contribution in [0.5, 0.6) is 0 Å². The van der Waals surface area contributed by atoms with Gasteiger partial charge in [-0.25, -0.2) is 4.79 Å². The molecule has 0 amide bonds. The molecule has 1 aromatic rings. The number of rotatable bonds is 6.